The number of fused-ring (bicyclic) bond motifs is 1. The normalized spacial score (nSPS) is 18.4. The number of urea groups is 1. The number of nitrogens with one attached hydrogen (secondary N) is 1. The van der Waals surface area contributed by atoms with Crippen molar-refractivity contribution in [2.24, 2.45) is 11.5 Å². The number of carbonyl (C=O) groups is 2. The number of hydrogen-bond acceptors (Lipinski definition) is 6. The Hall–Kier alpha value is -3.51. The van der Waals surface area contributed by atoms with Crippen molar-refractivity contribution in [2.45, 2.75) is 62.2 Å². The van der Waals surface area contributed by atoms with E-state index in [9.17, 15) is 18.0 Å². The van der Waals surface area contributed by atoms with Crippen molar-refractivity contribution in [3.63, 3.8) is 0 Å². The average Bonchev–Trinajstić information content (AvgIpc) is 3.33. The topological polar surface area (TPSA) is 142 Å². The van der Waals surface area contributed by atoms with Gasteiger partial charge in [0.25, 0.3) is 5.91 Å². The first-order chi connectivity index (χ1) is 19.7. The summed E-state index contributed by atoms with van der Waals surface area (Å²) in [6, 6.07) is 18.6. The highest BCUT2D eigenvalue weighted by atomic mass is 32.2. The van der Waals surface area contributed by atoms with Crippen molar-refractivity contribution in [3.05, 3.63) is 77.9 Å². The molecular formula is C30H38N6O4S. The number of benzene rings is 3. The van der Waals surface area contributed by atoms with E-state index >= 15 is 0 Å². The molecule has 2 aliphatic rings. The number of nitrogens with zero attached hydrogens (tertiary/aromatic N) is 3. The summed E-state index contributed by atoms with van der Waals surface area (Å²) in [4.78, 5) is 29.3. The number of sulfonamides is 1. The van der Waals surface area contributed by atoms with E-state index in [-0.39, 0.29) is 24.0 Å². The number of likely N-dealkylation sites (tertiary alicyclic amines) is 1. The van der Waals surface area contributed by atoms with Gasteiger partial charge in [-0.15, -0.1) is 0 Å². The average molecular weight is 579 g/mol. The molecule has 3 aromatic carbocycles. The second-order valence-corrected chi connectivity index (χ2v) is 12.7. The highest BCUT2D eigenvalue weighted by Crippen LogP contribution is 2.28. The van der Waals surface area contributed by atoms with Gasteiger partial charge in [-0.25, -0.2) is 18.2 Å². The molecule has 11 heteroatoms. The van der Waals surface area contributed by atoms with Gasteiger partial charge in [0.1, 0.15) is 6.04 Å². The van der Waals surface area contributed by atoms with Gasteiger partial charge in [0, 0.05) is 19.6 Å². The summed E-state index contributed by atoms with van der Waals surface area (Å²) in [5.74, 6) is -0.518. The van der Waals surface area contributed by atoms with E-state index in [0.717, 1.165) is 47.6 Å². The number of hydrazine groups is 1. The van der Waals surface area contributed by atoms with Crippen LogP contribution in [0.5, 0.6) is 0 Å². The monoisotopic (exact) mass is 578 g/mol. The first-order valence-electron chi connectivity index (χ1n) is 14.2. The van der Waals surface area contributed by atoms with Gasteiger partial charge in [0.05, 0.1) is 17.6 Å². The Morgan fingerprint density at radius 2 is 1.56 bits per heavy atom. The Bertz CT molecular complexity index is 1490. The maximum atomic E-state index is 13.7. The van der Waals surface area contributed by atoms with E-state index < -0.39 is 28.1 Å². The van der Waals surface area contributed by atoms with Crippen LogP contribution >= 0.6 is 0 Å². The standard InChI is InChI=1S/C30H38N6O4S/c31-28(32)24-13-11-22(12-14-24)21-35(30(38)34-17-5-1-2-6-18-34)33-29(37)27-10-7-19-36(27)41(39,40)26-16-15-23-8-3-4-9-25(23)20-26/h3-4,8-9,11-16,20,27-28H,1-2,5-7,10,17-19,21,31-32H2,(H,33,37). The molecule has 0 aliphatic carbocycles. The zero-order chi connectivity index (χ0) is 29.0. The first-order valence-corrected chi connectivity index (χ1v) is 15.7. The van der Waals surface area contributed by atoms with Crippen LogP contribution in [0.1, 0.15) is 55.8 Å². The molecular weight excluding hydrogens is 540 g/mol. The van der Waals surface area contributed by atoms with Crippen LogP contribution < -0.4 is 16.9 Å². The number of rotatable bonds is 6. The summed E-state index contributed by atoms with van der Waals surface area (Å²) in [5, 5.41) is 3.06. The first kappa shape index (κ1) is 29.0. The molecule has 2 heterocycles. The molecule has 0 spiro atoms. The summed E-state index contributed by atoms with van der Waals surface area (Å²) in [5.41, 5.74) is 15.9. The van der Waals surface area contributed by atoms with Crippen LogP contribution in [-0.4, -0.2) is 60.2 Å². The largest absolute Gasteiger partial charge is 0.339 e. The van der Waals surface area contributed by atoms with Gasteiger partial charge in [-0.3, -0.25) is 10.2 Å². The zero-order valence-electron chi connectivity index (χ0n) is 23.1. The maximum Gasteiger partial charge on any atom is 0.339 e. The molecule has 218 valence electrons. The molecule has 0 bridgehead atoms. The van der Waals surface area contributed by atoms with Crippen LogP contribution in [0.2, 0.25) is 0 Å². The minimum Gasteiger partial charge on any atom is -0.323 e. The lowest BCUT2D eigenvalue weighted by Gasteiger charge is -2.32. The van der Waals surface area contributed by atoms with Gasteiger partial charge in [-0.2, -0.15) is 4.31 Å². The number of carbonyl (C=O) groups excluding carboxylic acids is 2. The minimum atomic E-state index is -3.94. The van der Waals surface area contributed by atoms with Gasteiger partial charge in [-0.1, -0.05) is 67.4 Å². The summed E-state index contributed by atoms with van der Waals surface area (Å²) < 4.78 is 28.7. The second kappa shape index (κ2) is 12.6. The lowest BCUT2D eigenvalue weighted by atomic mass is 10.1. The van der Waals surface area contributed by atoms with Gasteiger partial charge < -0.3 is 16.4 Å². The third-order valence-electron chi connectivity index (χ3n) is 7.89. The third kappa shape index (κ3) is 6.54. The summed E-state index contributed by atoms with van der Waals surface area (Å²) in [6.07, 6.45) is 4.21. The quantitative estimate of drug-likeness (QED) is 0.302. The van der Waals surface area contributed by atoms with Gasteiger partial charge in [-0.05, 0) is 59.7 Å². The third-order valence-corrected chi connectivity index (χ3v) is 9.80. The highest BCUT2D eigenvalue weighted by molar-refractivity contribution is 7.89. The molecule has 2 aliphatic heterocycles. The molecule has 41 heavy (non-hydrogen) atoms. The SMILES string of the molecule is NC(N)c1ccc(CN(NC(=O)C2CCCN2S(=O)(=O)c2ccc3ccccc3c2)C(=O)N2CCCCCC2)cc1. The van der Waals surface area contributed by atoms with Crippen LogP contribution in [0.25, 0.3) is 10.8 Å². The van der Waals surface area contributed by atoms with Crippen LogP contribution in [0.4, 0.5) is 4.79 Å². The maximum absolute atomic E-state index is 13.7. The van der Waals surface area contributed by atoms with Crippen LogP contribution in [-0.2, 0) is 21.4 Å². The van der Waals surface area contributed by atoms with E-state index in [1.54, 1.807) is 35.2 Å². The Labute approximate surface area is 241 Å². The Kier molecular flexibility index (Phi) is 8.88. The summed E-state index contributed by atoms with van der Waals surface area (Å²) in [6.45, 7) is 1.57. The molecule has 10 nitrogen and oxygen atoms in total. The fourth-order valence-electron chi connectivity index (χ4n) is 5.58. The summed E-state index contributed by atoms with van der Waals surface area (Å²) >= 11 is 0. The van der Waals surface area contributed by atoms with Crippen molar-refractivity contribution in [1.82, 2.24) is 19.6 Å². The second-order valence-electron chi connectivity index (χ2n) is 10.8. The van der Waals surface area contributed by atoms with Crippen molar-refractivity contribution in [1.29, 1.82) is 0 Å². The molecule has 1 atom stereocenters. The molecule has 2 fully saturated rings. The molecule has 5 rings (SSSR count). The van der Waals surface area contributed by atoms with Crippen LogP contribution in [0.3, 0.4) is 0 Å². The summed E-state index contributed by atoms with van der Waals surface area (Å²) in [7, 11) is -3.94. The molecule has 0 radical (unpaired) electrons. The lowest BCUT2D eigenvalue weighted by molar-refractivity contribution is -0.128. The molecule has 3 amide bonds. The fraction of sp³-hybridized carbons (Fsp3) is 0.400. The predicted molar refractivity (Wildman–Crippen MR) is 158 cm³/mol. The van der Waals surface area contributed by atoms with Gasteiger partial charge >= 0.3 is 6.03 Å². The van der Waals surface area contributed by atoms with Gasteiger partial charge in [0.15, 0.2) is 0 Å². The van der Waals surface area contributed by atoms with E-state index in [1.807, 2.05) is 36.4 Å². The predicted octanol–water partition coefficient (Wildman–Crippen LogP) is 3.44. The van der Waals surface area contributed by atoms with Crippen molar-refractivity contribution < 1.29 is 18.0 Å². The lowest BCUT2D eigenvalue weighted by Crippen LogP contribution is -2.56. The molecule has 1 unspecified atom stereocenters. The van der Waals surface area contributed by atoms with Crippen molar-refractivity contribution >= 4 is 32.7 Å². The van der Waals surface area contributed by atoms with Crippen LogP contribution in [0, 0.1) is 0 Å². The molecule has 0 saturated carbocycles. The van der Waals surface area contributed by atoms with E-state index in [1.165, 1.54) is 9.31 Å². The Morgan fingerprint density at radius 3 is 2.24 bits per heavy atom. The Morgan fingerprint density at radius 1 is 0.878 bits per heavy atom. The van der Waals surface area contributed by atoms with E-state index in [2.05, 4.69) is 5.43 Å². The molecule has 0 aromatic heterocycles. The smallest absolute Gasteiger partial charge is 0.323 e. The number of hydrogen-bond donors (Lipinski definition) is 3. The number of nitrogens with two attached hydrogens (primary N) is 2. The fourth-order valence-corrected chi connectivity index (χ4v) is 7.27. The zero-order valence-corrected chi connectivity index (χ0v) is 23.9. The molecule has 3 aromatic rings. The molecule has 5 N–H and O–H groups in total. The van der Waals surface area contributed by atoms with E-state index in [4.69, 9.17) is 11.5 Å². The van der Waals surface area contributed by atoms with Crippen molar-refractivity contribution in [2.75, 3.05) is 19.6 Å². The Balaban J connectivity index is 1.37. The van der Waals surface area contributed by atoms with Gasteiger partial charge in [0.2, 0.25) is 10.0 Å². The van der Waals surface area contributed by atoms with Crippen molar-refractivity contribution in [3.8, 4) is 0 Å². The minimum absolute atomic E-state index is 0.116. The highest BCUT2D eigenvalue weighted by Gasteiger charge is 2.40. The molecule has 2 saturated heterocycles. The number of amides is 3. The van der Waals surface area contributed by atoms with Crippen LogP contribution in [0.15, 0.2) is 71.6 Å². The van der Waals surface area contributed by atoms with E-state index in [0.29, 0.717) is 25.9 Å².